The first-order valence-corrected chi connectivity index (χ1v) is 6.38. The highest BCUT2D eigenvalue weighted by Gasteiger charge is 2.12. The van der Waals surface area contributed by atoms with Crippen LogP contribution < -0.4 is 10.5 Å². The van der Waals surface area contributed by atoms with Gasteiger partial charge in [0, 0.05) is 10.6 Å². The third kappa shape index (κ3) is 3.19. The lowest BCUT2D eigenvalue weighted by molar-refractivity contribution is -0.402. The van der Waals surface area contributed by atoms with Crippen molar-refractivity contribution in [2.45, 2.75) is 10.6 Å². The standard InChI is InChI=1S/C12H12N2O4S/c1-17-8-2-4-10(13)11(6-8)19-7-9-3-5-12(18-9)14(15)16/h2-6H,7,13H2,1H3. The molecule has 19 heavy (non-hydrogen) atoms. The molecule has 1 aromatic carbocycles. The van der Waals surface area contributed by atoms with Crippen LogP contribution in [-0.4, -0.2) is 12.0 Å². The van der Waals surface area contributed by atoms with Crippen LogP contribution in [0.15, 0.2) is 39.6 Å². The Hall–Kier alpha value is -2.15. The van der Waals surface area contributed by atoms with E-state index in [1.165, 1.54) is 17.8 Å². The number of hydrogen-bond donors (Lipinski definition) is 1. The normalized spacial score (nSPS) is 10.4. The van der Waals surface area contributed by atoms with Crippen LogP contribution in [0.25, 0.3) is 0 Å². The Bertz CT molecular complexity index is 597. The summed E-state index contributed by atoms with van der Waals surface area (Å²) in [6.07, 6.45) is 0. The number of nitrogens with zero attached hydrogens (tertiary/aromatic N) is 1. The highest BCUT2D eigenvalue weighted by molar-refractivity contribution is 7.98. The van der Waals surface area contributed by atoms with E-state index in [2.05, 4.69) is 0 Å². The minimum atomic E-state index is -0.561. The zero-order chi connectivity index (χ0) is 13.8. The second-order valence-corrected chi connectivity index (χ2v) is 4.71. The van der Waals surface area contributed by atoms with Gasteiger partial charge in [0.15, 0.2) is 0 Å². The number of nitrogens with two attached hydrogens (primary N) is 1. The van der Waals surface area contributed by atoms with Gasteiger partial charge in [0.05, 0.1) is 18.9 Å². The summed E-state index contributed by atoms with van der Waals surface area (Å²) in [7, 11) is 1.58. The molecule has 0 unspecified atom stereocenters. The van der Waals surface area contributed by atoms with Gasteiger partial charge in [-0.1, -0.05) is 0 Å². The molecule has 2 N–H and O–H groups in total. The number of furan rings is 1. The van der Waals surface area contributed by atoms with Crippen LogP contribution in [-0.2, 0) is 5.75 Å². The molecule has 0 fully saturated rings. The van der Waals surface area contributed by atoms with Gasteiger partial charge in [0.1, 0.15) is 16.4 Å². The molecule has 0 radical (unpaired) electrons. The molecule has 2 aromatic rings. The van der Waals surface area contributed by atoms with Crippen molar-refractivity contribution in [3.63, 3.8) is 0 Å². The second-order valence-electron chi connectivity index (χ2n) is 3.69. The van der Waals surface area contributed by atoms with Crippen LogP contribution in [0.4, 0.5) is 11.6 Å². The lowest BCUT2D eigenvalue weighted by Gasteiger charge is -2.06. The number of nitro groups is 1. The maximum Gasteiger partial charge on any atom is 0.433 e. The Kier molecular flexibility index (Phi) is 3.96. The van der Waals surface area contributed by atoms with Gasteiger partial charge in [-0.05, 0) is 24.3 Å². The van der Waals surface area contributed by atoms with E-state index in [9.17, 15) is 10.1 Å². The molecule has 1 heterocycles. The van der Waals surface area contributed by atoms with Crippen LogP contribution in [0.5, 0.6) is 5.75 Å². The van der Waals surface area contributed by atoms with Gasteiger partial charge in [0.2, 0.25) is 0 Å². The molecule has 0 spiro atoms. The molecule has 6 nitrogen and oxygen atoms in total. The van der Waals surface area contributed by atoms with Gasteiger partial charge >= 0.3 is 5.88 Å². The van der Waals surface area contributed by atoms with Crippen molar-refractivity contribution in [1.82, 2.24) is 0 Å². The molecule has 1 aromatic heterocycles. The third-order valence-electron chi connectivity index (χ3n) is 2.42. The summed E-state index contributed by atoms with van der Waals surface area (Å²) in [5.41, 5.74) is 6.48. The van der Waals surface area contributed by atoms with E-state index in [4.69, 9.17) is 14.9 Å². The second kappa shape index (κ2) is 5.66. The van der Waals surface area contributed by atoms with Gasteiger partial charge in [-0.25, -0.2) is 0 Å². The number of nitrogen functional groups attached to an aromatic ring is 1. The molecule has 2 rings (SSSR count). The largest absolute Gasteiger partial charge is 0.497 e. The third-order valence-corrected chi connectivity index (χ3v) is 3.51. The number of hydrogen-bond acceptors (Lipinski definition) is 6. The van der Waals surface area contributed by atoms with Crippen molar-refractivity contribution < 1.29 is 14.1 Å². The van der Waals surface area contributed by atoms with Crippen molar-refractivity contribution in [1.29, 1.82) is 0 Å². The predicted octanol–water partition coefficient (Wildman–Crippen LogP) is 3.07. The van der Waals surface area contributed by atoms with E-state index in [-0.39, 0.29) is 5.88 Å². The molecule has 0 aliphatic carbocycles. The molecule has 100 valence electrons. The van der Waals surface area contributed by atoms with Gasteiger partial charge in [-0.15, -0.1) is 11.8 Å². The highest BCUT2D eigenvalue weighted by Crippen LogP contribution is 2.32. The molecular formula is C12H12N2O4S. The van der Waals surface area contributed by atoms with E-state index in [0.717, 1.165) is 4.90 Å². The van der Waals surface area contributed by atoms with Crippen molar-refractivity contribution in [2.75, 3.05) is 12.8 Å². The van der Waals surface area contributed by atoms with Crippen LogP contribution in [0.1, 0.15) is 5.76 Å². The monoisotopic (exact) mass is 280 g/mol. The zero-order valence-electron chi connectivity index (χ0n) is 10.2. The van der Waals surface area contributed by atoms with Crippen LogP contribution >= 0.6 is 11.8 Å². The van der Waals surface area contributed by atoms with E-state index in [1.807, 2.05) is 6.07 Å². The lowest BCUT2D eigenvalue weighted by Crippen LogP contribution is -1.90. The van der Waals surface area contributed by atoms with Crippen LogP contribution in [0.3, 0.4) is 0 Å². The molecular weight excluding hydrogens is 268 g/mol. The summed E-state index contributed by atoms with van der Waals surface area (Å²) >= 11 is 1.43. The summed E-state index contributed by atoms with van der Waals surface area (Å²) in [5.74, 6) is 1.45. The topological polar surface area (TPSA) is 91.5 Å². The minimum Gasteiger partial charge on any atom is -0.497 e. The fourth-order valence-electron chi connectivity index (χ4n) is 1.46. The van der Waals surface area contributed by atoms with Gasteiger partial charge in [0.25, 0.3) is 0 Å². The first-order valence-electron chi connectivity index (χ1n) is 5.39. The Morgan fingerprint density at radius 1 is 1.42 bits per heavy atom. The number of benzene rings is 1. The number of rotatable bonds is 5. The summed E-state index contributed by atoms with van der Waals surface area (Å²) in [6, 6.07) is 8.27. The quantitative estimate of drug-likeness (QED) is 0.391. The van der Waals surface area contributed by atoms with Gasteiger partial charge < -0.3 is 14.9 Å². The molecule has 0 aliphatic rings. The molecule has 0 saturated carbocycles. The predicted molar refractivity (Wildman–Crippen MR) is 72.3 cm³/mol. The molecule has 0 aliphatic heterocycles. The molecule has 0 amide bonds. The van der Waals surface area contributed by atoms with Crippen molar-refractivity contribution in [3.8, 4) is 5.75 Å². The fraction of sp³-hybridized carbons (Fsp3) is 0.167. The van der Waals surface area contributed by atoms with E-state index < -0.39 is 4.92 Å². The van der Waals surface area contributed by atoms with Crippen LogP contribution in [0, 0.1) is 10.1 Å². The number of ether oxygens (including phenoxy) is 1. The zero-order valence-corrected chi connectivity index (χ0v) is 11.0. The molecule has 7 heteroatoms. The highest BCUT2D eigenvalue weighted by atomic mass is 32.2. The lowest BCUT2D eigenvalue weighted by atomic mass is 10.3. The summed E-state index contributed by atoms with van der Waals surface area (Å²) in [4.78, 5) is 10.8. The van der Waals surface area contributed by atoms with E-state index in [1.54, 1.807) is 25.3 Å². The Labute approximate surface area is 113 Å². The maximum absolute atomic E-state index is 10.5. The average molecular weight is 280 g/mol. The van der Waals surface area contributed by atoms with E-state index >= 15 is 0 Å². The molecule has 0 bridgehead atoms. The number of thioether (sulfide) groups is 1. The van der Waals surface area contributed by atoms with E-state index in [0.29, 0.717) is 22.9 Å². The summed E-state index contributed by atoms with van der Waals surface area (Å²) in [5, 5.41) is 10.5. The van der Waals surface area contributed by atoms with Crippen molar-refractivity contribution in [2.24, 2.45) is 0 Å². The minimum absolute atomic E-state index is 0.255. The Balaban J connectivity index is 2.07. The Morgan fingerprint density at radius 3 is 2.84 bits per heavy atom. The van der Waals surface area contributed by atoms with Crippen molar-refractivity contribution in [3.05, 3.63) is 46.2 Å². The first kappa shape index (κ1) is 13.3. The van der Waals surface area contributed by atoms with Gasteiger partial charge in [-0.3, -0.25) is 10.1 Å². The maximum atomic E-state index is 10.5. The van der Waals surface area contributed by atoms with Gasteiger partial charge in [-0.2, -0.15) is 0 Å². The summed E-state index contributed by atoms with van der Waals surface area (Å²) < 4.78 is 10.2. The van der Waals surface area contributed by atoms with Crippen molar-refractivity contribution >= 4 is 23.3 Å². The summed E-state index contributed by atoms with van der Waals surface area (Å²) in [6.45, 7) is 0. The molecule has 0 saturated heterocycles. The SMILES string of the molecule is COc1ccc(N)c(SCc2ccc([N+](=O)[O-])o2)c1. The smallest absolute Gasteiger partial charge is 0.433 e. The number of anilines is 1. The fourth-order valence-corrected chi connectivity index (χ4v) is 2.34. The molecule has 0 atom stereocenters. The first-order chi connectivity index (χ1) is 9.10. The van der Waals surface area contributed by atoms with Crippen LogP contribution in [0.2, 0.25) is 0 Å². The average Bonchev–Trinajstić information content (AvgIpc) is 2.87. The number of methoxy groups -OCH3 is 1. The Morgan fingerprint density at radius 2 is 2.21 bits per heavy atom.